The topological polar surface area (TPSA) is 64.7 Å². The highest BCUT2D eigenvalue weighted by molar-refractivity contribution is 6.17. The molecule has 0 aliphatic rings. The number of hydrogen-bond acceptors (Lipinski definition) is 5. The smallest absolute Gasteiger partial charge is 0.164 e. The van der Waals surface area contributed by atoms with E-state index in [0.29, 0.717) is 17.5 Å². The van der Waals surface area contributed by atoms with Crippen molar-refractivity contribution in [3.63, 3.8) is 0 Å². The average Bonchev–Trinajstić information content (AvgIpc) is 3.53. The van der Waals surface area contributed by atoms with Gasteiger partial charge in [-0.25, -0.2) is 15.0 Å². The largest absolute Gasteiger partial charge is 0.454 e. The molecule has 0 fully saturated rings. The summed E-state index contributed by atoms with van der Waals surface area (Å²) in [5.74, 6) is 1.82. The molecule has 0 N–H and O–H groups in total. The van der Waals surface area contributed by atoms with Crippen molar-refractivity contribution >= 4 is 65.0 Å². The number of benzene rings is 7. The molecule has 0 radical (unpaired) electrons. The third-order valence-corrected chi connectivity index (χ3v) is 9.18. The molecule has 3 aromatic heterocycles. The maximum Gasteiger partial charge on any atom is 0.164 e. The van der Waals surface area contributed by atoms with Crippen LogP contribution in [0.3, 0.4) is 0 Å². The molecule has 218 valence electrons. The number of pyridine rings is 1. The van der Waals surface area contributed by atoms with Crippen LogP contribution >= 0.6 is 0 Å². The van der Waals surface area contributed by atoms with Gasteiger partial charge in [-0.2, -0.15) is 0 Å². The lowest BCUT2D eigenvalue weighted by molar-refractivity contribution is 0.667. The van der Waals surface area contributed by atoms with Gasteiger partial charge >= 0.3 is 0 Å². The van der Waals surface area contributed by atoms with E-state index in [1.54, 1.807) is 12.4 Å². The Morgan fingerprint density at radius 3 is 1.89 bits per heavy atom. The van der Waals surface area contributed by atoms with Crippen LogP contribution in [0.2, 0.25) is 0 Å². The van der Waals surface area contributed by atoms with Gasteiger partial charge in [0.25, 0.3) is 0 Å². The van der Waals surface area contributed by atoms with Crippen molar-refractivity contribution in [2.45, 2.75) is 0 Å². The van der Waals surface area contributed by atoms with Crippen molar-refractivity contribution in [3.05, 3.63) is 146 Å². The molecule has 47 heavy (non-hydrogen) atoms. The standard InChI is InChI=1S/C42H24N4O/c1-2-8-27-22-29(13-12-25(27)6-1)40-44-41(46-42(45-40)36-10-5-11-37-39(36)35-20-21-43-24-38(35)47-37)30-16-17-32-28(23-30)15-19-33-31-9-4-3-7-26(31)14-18-34(32)33/h1-24H. The second-order valence-electron chi connectivity index (χ2n) is 11.9. The van der Waals surface area contributed by atoms with Gasteiger partial charge in [0.15, 0.2) is 23.1 Å². The molecule has 10 rings (SSSR count). The molecule has 0 saturated carbocycles. The summed E-state index contributed by atoms with van der Waals surface area (Å²) in [6.07, 6.45) is 3.54. The van der Waals surface area contributed by atoms with Crippen molar-refractivity contribution in [2.75, 3.05) is 0 Å². The molecule has 0 atom stereocenters. The molecule has 5 heteroatoms. The van der Waals surface area contributed by atoms with Crippen molar-refractivity contribution in [3.8, 4) is 34.2 Å². The molecular formula is C42H24N4O. The minimum Gasteiger partial charge on any atom is -0.454 e. The van der Waals surface area contributed by atoms with E-state index < -0.39 is 0 Å². The van der Waals surface area contributed by atoms with Gasteiger partial charge < -0.3 is 4.42 Å². The zero-order chi connectivity index (χ0) is 30.9. The van der Waals surface area contributed by atoms with E-state index in [-0.39, 0.29) is 0 Å². The summed E-state index contributed by atoms with van der Waals surface area (Å²) >= 11 is 0. The Hall–Kier alpha value is -6.46. The summed E-state index contributed by atoms with van der Waals surface area (Å²) in [5.41, 5.74) is 4.24. The van der Waals surface area contributed by atoms with Gasteiger partial charge in [-0.1, -0.05) is 109 Å². The quantitative estimate of drug-likeness (QED) is 0.189. The van der Waals surface area contributed by atoms with Crippen LogP contribution in [0.4, 0.5) is 0 Å². The molecule has 7 aromatic carbocycles. The highest BCUT2D eigenvalue weighted by Gasteiger charge is 2.18. The third-order valence-electron chi connectivity index (χ3n) is 9.18. The van der Waals surface area contributed by atoms with Crippen LogP contribution in [0.15, 0.2) is 150 Å². The van der Waals surface area contributed by atoms with Gasteiger partial charge in [-0.3, -0.25) is 4.98 Å². The number of fused-ring (bicyclic) bond motifs is 9. The number of nitrogens with zero attached hydrogens (tertiary/aromatic N) is 4. The molecule has 0 aliphatic heterocycles. The van der Waals surface area contributed by atoms with Crippen LogP contribution in [0.1, 0.15) is 0 Å². The third kappa shape index (κ3) is 4.10. The van der Waals surface area contributed by atoms with Crippen molar-refractivity contribution in [1.29, 1.82) is 0 Å². The van der Waals surface area contributed by atoms with E-state index in [2.05, 4.69) is 120 Å². The van der Waals surface area contributed by atoms with E-state index in [1.807, 2.05) is 18.2 Å². The van der Waals surface area contributed by atoms with Crippen molar-refractivity contribution in [1.82, 2.24) is 19.9 Å². The predicted octanol–water partition coefficient (Wildman–Crippen LogP) is 10.8. The first-order chi connectivity index (χ1) is 23.3. The Balaban J connectivity index is 1.21. The Morgan fingerprint density at radius 2 is 1.04 bits per heavy atom. The summed E-state index contributed by atoms with van der Waals surface area (Å²) in [5, 5.41) is 11.6. The number of aromatic nitrogens is 4. The maximum absolute atomic E-state index is 6.17. The van der Waals surface area contributed by atoms with Crippen LogP contribution in [0.25, 0.3) is 99.2 Å². The van der Waals surface area contributed by atoms with Gasteiger partial charge in [-0.05, 0) is 67.4 Å². The fourth-order valence-electron chi connectivity index (χ4n) is 6.92. The number of rotatable bonds is 3. The second-order valence-corrected chi connectivity index (χ2v) is 11.9. The Morgan fingerprint density at radius 1 is 0.404 bits per heavy atom. The van der Waals surface area contributed by atoms with Crippen LogP contribution in [0.5, 0.6) is 0 Å². The monoisotopic (exact) mass is 600 g/mol. The Bertz CT molecular complexity index is 2870. The Kier molecular flexibility index (Phi) is 5.51. The van der Waals surface area contributed by atoms with E-state index in [1.165, 1.54) is 32.3 Å². The molecule has 0 unspecified atom stereocenters. The number of furan rings is 1. The molecule has 0 saturated heterocycles. The first kappa shape index (κ1) is 25.8. The average molecular weight is 601 g/mol. The van der Waals surface area contributed by atoms with Crippen molar-refractivity contribution in [2.24, 2.45) is 0 Å². The van der Waals surface area contributed by atoms with Gasteiger partial charge in [0, 0.05) is 33.7 Å². The van der Waals surface area contributed by atoms with Gasteiger partial charge in [0.05, 0.1) is 6.20 Å². The maximum atomic E-state index is 6.17. The summed E-state index contributed by atoms with van der Waals surface area (Å²) in [6, 6.07) is 46.6. The van der Waals surface area contributed by atoms with Crippen LogP contribution in [-0.4, -0.2) is 19.9 Å². The first-order valence-corrected chi connectivity index (χ1v) is 15.6. The minimum absolute atomic E-state index is 0.591. The van der Waals surface area contributed by atoms with E-state index in [9.17, 15) is 0 Å². The zero-order valence-electron chi connectivity index (χ0n) is 25.1. The van der Waals surface area contributed by atoms with Crippen LogP contribution in [0, 0.1) is 0 Å². The summed E-state index contributed by atoms with van der Waals surface area (Å²) in [6.45, 7) is 0. The molecule has 3 heterocycles. The fourth-order valence-corrected chi connectivity index (χ4v) is 6.92. The Labute approximate surface area is 268 Å². The van der Waals surface area contributed by atoms with Crippen LogP contribution in [-0.2, 0) is 0 Å². The predicted molar refractivity (Wildman–Crippen MR) is 191 cm³/mol. The van der Waals surface area contributed by atoms with E-state index in [4.69, 9.17) is 19.4 Å². The summed E-state index contributed by atoms with van der Waals surface area (Å²) < 4.78 is 6.17. The zero-order valence-corrected chi connectivity index (χ0v) is 25.1. The van der Waals surface area contributed by atoms with Gasteiger partial charge in [-0.15, -0.1) is 0 Å². The molecule has 0 bridgehead atoms. The van der Waals surface area contributed by atoms with Crippen molar-refractivity contribution < 1.29 is 4.42 Å². The fraction of sp³-hybridized carbons (Fsp3) is 0. The lowest BCUT2D eigenvalue weighted by Crippen LogP contribution is -2.00. The molecule has 5 nitrogen and oxygen atoms in total. The molecule has 0 spiro atoms. The van der Waals surface area contributed by atoms with Gasteiger partial charge in [0.2, 0.25) is 0 Å². The second kappa shape index (κ2) is 10.0. The molecule has 0 amide bonds. The highest BCUT2D eigenvalue weighted by atomic mass is 16.3. The number of hydrogen-bond donors (Lipinski definition) is 0. The minimum atomic E-state index is 0.591. The van der Waals surface area contributed by atoms with E-state index >= 15 is 0 Å². The first-order valence-electron chi connectivity index (χ1n) is 15.6. The van der Waals surface area contributed by atoms with Gasteiger partial charge in [0.1, 0.15) is 5.58 Å². The lowest BCUT2D eigenvalue weighted by atomic mass is 9.96. The lowest BCUT2D eigenvalue weighted by Gasteiger charge is -2.11. The van der Waals surface area contributed by atoms with Crippen LogP contribution < -0.4 is 0 Å². The molecular weight excluding hydrogens is 576 g/mol. The molecule has 0 aliphatic carbocycles. The molecule has 10 aromatic rings. The highest BCUT2D eigenvalue weighted by Crippen LogP contribution is 2.37. The summed E-state index contributed by atoms with van der Waals surface area (Å²) in [7, 11) is 0. The SMILES string of the molecule is c1ccc2cc(-c3nc(-c4ccc5c(ccc6c7ccccc7ccc56)c4)nc(-c4cccc5oc6cnccc6c45)n3)ccc2c1. The summed E-state index contributed by atoms with van der Waals surface area (Å²) in [4.78, 5) is 19.6. The van der Waals surface area contributed by atoms with E-state index in [0.717, 1.165) is 49.4 Å². The normalized spacial score (nSPS) is 11.8.